The second kappa shape index (κ2) is 8.26. The molecule has 35 heavy (non-hydrogen) atoms. The number of halogens is 4. The summed E-state index contributed by atoms with van der Waals surface area (Å²) >= 11 is 4.31. The summed E-state index contributed by atoms with van der Waals surface area (Å²) in [7, 11) is 1.26. The second-order valence-electron chi connectivity index (χ2n) is 10.4. The summed E-state index contributed by atoms with van der Waals surface area (Å²) in [5.41, 5.74) is 3.49. The van der Waals surface area contributed by atoms with Crippen LogP contribution in [0.3, 0.4) is 0 Å². The minimum atomic E-state index is -4.58. The highest BCUT2D eigenvalue weighted by Gasteiger charge is 2.52. The van der Waals surface area contributed by atoms with Crippen molar-refractivity contribution in [3.63, 3.8) is 0 Å². The maximum Gasteiger partial charge on any atom is 0.412 e. The first-order valence-electron chi connectivity index (χ1n) is 11.5. The van der Waals surface area contributed by atoms with Gasteiger partial charge in [0.1, 0.15) is 4.75 Å². The molecule has 11 heteroatoms. The van der Waals surface area contributed by atoms with Gasteiger partial charge in [0.15, 0.2) is 16.8 Å². The molecule has 0 saturated heterocycles. The maximum atomic E-state index is 14.1. The Labute approximate surface area is 210 Å². The Hall–Kier alpha value is -2.01. The van der Waals surface area contributed by atoms with Crippen molar-refractivity contribution in [1.29, 1.82) is 0 Å². The third-order valence-corrected chi connectivity index (χ3v) is 8.84. The van der Waals surface area contributed by atoms with Crippen molar-refractivity contribution >= 4 is 40.0 Å². The Balaban J connectivity index is 1.51. The molecular weight excluding hydrogens is 499 g/mol. The summed E-state index contributed by atoms with van der Waals surface area (Å²) in [5.74, 6) is 0. The molecule has 2 atom stereocenters. The topological polar surface area (TPSA) is 59.7 Å². The minimum absolute atomic E-state index is 0.0451. The third-order valence-electron chi connectivity index (χ3n) is 6.87. The molecule has 2 aromatic heterocycles. The van der Waals surface area contributed by atoms with E-state index in [-0.39, 0.29) is 11.0 Å². The van der Waals surface area contributed by atoms with E-state index < -0.39 is 28.3 Å². The van der Waals surface area contributed by atoms with Gasteiger partial charge in [0.25, 0.3) is 0 Å². The van der Waals surface area contributed by atoms with Crippen molar-refractivity contribution in [2.45, 2.75) is 62.4 Å². The van der Waals surface area contributed by atoms with E-state index in [4.69, 9.17) is 11.6 Å². The summed E-state index contributed by atoms with van der Waals surface area (Å²) in [5, 5.41) is 4.82. The minimum Gasteiger partial charge on any atom is -0.597 e. The molecule has 1 fully saturated rings. The van der Waals surface area contributed by atoms with Gasteiger partial charge in [0.2, 0.25) is 0 Å². The zero-order valence-electron chi connectivity index (χ0n) is 19.9. The lowest BCUT2D eigenvalue weighted by molar-refractivity contribution is -0.171. The first-order chi connectivity index (χ1) is 16.3. The molecule has 2 aliphatic rings. The van der Waals surface area contributed by atoms with E-state index >= 15 is 0 Å². The van der Waals surface area contributed by atoms with E-state index in [0.717, 1.165) is 47.2 Å². The van der Waals surface area contributed by atoms with E-state index in [2.05, 4.69) is 15.0 Å². The Morgan fingerprint density at radius 1 is 1.14 bits per heavy atom. The number of benzene rings is 1. The molecular formula is C24H27ClF3N5OS. The lowest BCUT2D eigenvalue weighted by atomic mass is 9.91. The Morgan fingerprint density at radius 2 is 1.80 bits per heavy atom. The summed E-state index contributed by atoms with van der Waals surface area (Å²) in [6.45, 7) is 5.71. The monoisotopic (exact) mass is 525 g/mol. The van der Waals surface area contributed by atoms with Crippen LogP contribution in [0.2, 0.25) is 5.15 Å². The van der Waals surface area contributed by atoms with Crippen LogP contribution in [0, 0.1) is 0 Å². The predicted molar refractivity (Wildman–Crippen MR) is 131 cm³/mol. The van der Waals surface area contributed by atoms with Crippen LogP contribution in [0.5, 0.6) is 0 Å². The zero-order valence-corrected chi connectivity index (χ0v) is 21.5. The molecule has 1 aliphatic heterocycles. The Morgan fingerprint density at radius 3 is 2.37 bits per heavy atom. The molecule has 1 spiro atoms. The van der Waals surface area contributed by atoms with Crippen molar-refractivity contribution in [3.05, 3.63) is 52.9 Å². The van der Waals surface area contributed by atoms with Gasteiger partial charge >= 0.3 is 6.18 Å². The molecule has 0 radical (unpaired) electrons. The molecule has 1 saturated carbocycles. The Bertz CT molecular complexity index is 1250. The van der Waals surface area contributed by atoms with E-state index in [0.29, 0.717) is 10.8 Å². The molecule has 3 heterocycles. The van der Waals surface area contributed by atoms with Crippen molar-refractivity contribution < 1.29 is 17.7 Å². The SMILES string of the molecule is CN([C@@H](c1ccc(N2CCC3(CC3)c3c2cnc2cc(Cl)nn32)cc1)C(F)(F)F)[S+]([O-])C(C)(C)C. The fourth-order valence-electron chi connectivity index (χ4n) is 5.03. The predicted octanol–water partition coefficient (Wildman–Crippen LogP) is 5.95. The molecule has 1 aliphatic carbocycles. The molecule has 0 N–H and O–H groups in total. The van der Waals surface area contributed by atoms with Crippen molar-refractivity contribution in [3.8, 4) is 0 Å². The van der Waals surface area contributed by atoms with Gasteiger partial charge in [0.05, 0.1) is 17.6 Å². The van der Waals surface area contributed by atoms with Crippen molar-refractivity contribution in [1.82, 2.24) is 18.9 Å². The van der Waals surface area contributed by atoms with E-state index in [1.54, 1.807) is 45.2 Å². The number of aromatic nitrogens is 3. The lowest BCUT2D eigenvalue weighted by Crippen LogP contribution is -2.46. The van der Waals surface area contributed by atoms with Crippen LogP contribution in [0.4, 0.5) is 24.5 Å². The van der Waals surface area contributed by atoms with Crippen molar-refractivity contribution in [2.75, 3.05) is 18.5 Å². The number of alkyl halides is 3. The maximum absolute atomic E-state index is 14.1. The van der Waals surface area contributed by atoms with E-state index in [1.807, 2.05) is 4.52 Å². The standard InChI is InChI=1S/C24H27ClF3N5OS/c1-22(2,3)35(34)31(4)20(24(26,27)28)15-5-7-16(8-6-15)32-12-11-23(9-10-23)21-17(32)14-29-19-13-18(25)30-33(19)21/h5-8,13-14,20H,9-12H2,1-4H3/t20-,35?/m0/s1. The molecule has 188 valence electrons. The van der Waals surface area contributed by atoms with Gasteiger partial charge in [-0.3, -0.25) is 0 Å². The fourth-order valence-corrected chi connectivity index (χ4v) is 6.50. The smallest absolute Gasteiger partial charge is 0.412 e. The normalized spacial score (nSPS) is 19.3. The second-order valence-corrected chi connectivity index (χ2v) is 13.0. The first-order valence-corrected chi connectivity index (χ1v) is 12.9. The number of hydrogen-bond donors (Lipinski definition) is 0. The molecule has 5 rings (SSSR count). The van der Waals surface area contributed by atoms with Gasteiger partial charge in [-0.05, 0) is 57.7 Å². The summed E-state index contributed by atoms with van der Waals surface area (Å²) in [6.07, 6.45) is 0.259. The molecule has 6 nitrogen and oxygen atoms in total. The van der Waals surface area contributed by atoms with Crippen LogP contribution < -0.4 is 4.90 Å². The number of nitrogens with zero attached hydrogens (tertiary/aromatic N) is 5. The fraction of sp³-hybridized carbons (Fsp3) is 0.500. The number of anilines is 2. The van der Waals surface area contributed by atoms with Gasteiger partial charge in [-0.15, -0.1) is 4.31 Å². The average Bonchev–Trinajstić information content (AvgIpc) is 3.43. The van der Waals surface area contributed by atoms with Crippen LogP contribution in [0.25, 0.3) is 5.65 Å². The first kappa shape index (κ1) is 24.7. The highest BCUT2D eigenvalue weighted by molar-refractivity contribution is 7.90. The molecule has 1 unspecified atom stereocenters. The van der Waals surface area contributed by atoms with Crippen molar-refractivity contribution in [2.24, 2.45) is 0 Å². The van der Waals surface area contributed by atoms with Gasteiger partial charge in [-0.25, -0.2) is 9.50 Å². The number of fused-ring (bicyclic) bond motifs is 4. The Kier molecular flexibility index (Phi) is 5.82. The van der Waals surface area contributed by atoms with Gasteiger partial charge in [-0.1, -0.05) is 23.7 Å². The van der Waals surface area contributed by atoms with E-state index in [1.165, 1.54) is 19.2 Å². The highest BCUT2D eigenvalue weighted by Crippen LogP contribution is 2.57. The van der Waals surface area contributed by atoms with E-state index in [9.17, 15) is 17.7 Å². The molecule has 0 bridgehead atoms. The van der Waals surface area contributed by atoms with Crippen LogP contribution in [-0.2, 0) is 16.8 Å². The van der Waals surface area contributed by atoms with Gasteiger partial charge in [0, 0.05) is 42.1 Å². The van der Waals surface area contributed by atoms with Gasteiger partial charge < -0.3 is 9.45 Å². The van der Waals surface area contributed by atoms with Crippen LogP contribution in [0.15, 0.2) is 36.5 Å². The third kappa shape index (κ3) is 4.28. The largest absolute Gasteiger partial charge is 0.597 e. The van der Waals surface area contributed by atoms with Crippen LogP contribution in [-0.4, -0.2) is 48.0 Å². The summed E-state index contributed by atoms with van der Waals surface area (Å²) < 4.78 is 56.9. The summed E-state index contributed by atoms with van der Waals surface area (Å²) in [4.78, 5) is 6.59. The molecule has 3 aromatic rings. The average molecular weight is 526 g/mol. The zero-order chi connectivity index (χ0) is 25.3. The quantitative estimate of drug-likeness (QED) is 0.394. The highest BCUT2D eigenvalue weighted by atomic mass is 35.5. The summed E-state index contributed by atoms with van der Waals surface area (Å²) in [6, 6.07) is 6.07. The van der Waals surface area contributed by atoms with Gasteiger partial charge in [-0.2, -0.15) is 18.3 Å². The van der Waals surface area contributed by atoms with Crippen LogP contribution in [0.1, 0.15) is 57.3 Å². The van der Waals surface area contributed by atoms with Crippen LogP contribution >= 0.6 is 11.6 Å². The number of hydrogen-bond acceptors (Lipinski definition) is 5. The molecule has 0 amide bonds. The molecule has 1 aromatic carbocycles. The number of rotatable bonds is 4. The lowest BCUT2D eigenvalue weighted by Gasteiger charge is -2.37.